The van der Waals surface area contributed by atoms with Crippen LogP contribution in [0, 0.1) is 11.3 Å². The number of hydrogen-bond donors (Lipinski definition) is 2. The van der Waals surface area contributed by atoms with Crippen LogP contribution in [0.2, 0.25) is 0 Å². The van der Waals surface area contributed by atoms with Crippen LogP contribution in [-0.2, 0) is 11.2 Å². The summed E-state index contributed by atoms with van der Waals surface area (Å²) in [5.74, 6) is 1.50. The SMILES string of the molecule is CC(C)(C)Cc1nc2cc(NC(=O)CCC3CCNCC3)ccc2o1.Cl. The maximum absolute atomic E-state index is 12.2. The molecule has 144 valence electrons. The lowest BCUT2D eigenvalue weighted by molar-refractivity contribution is -0.116. The zero-order valence-corrected chi connectivity index (χ0v) is 16.7. The molecule has 0 radical (unpaired) electrons. The summed E-state index contributed by atoms with van der Waals surface area (Å²) in [5.41, 5.74) is 2.49. The first-order valence-corrected chi connectivity index (χ1v) is 9.29. The second kappa shape index (κ2) is 8.87. The number of amides is 1. The number of oxazole rings is 1. The Morgan fingerprint density at radius 3 is 2.73 bits per heavy atom. The minimum Gasteiger partial charge on any atom is -0.441 e. The number of anilines is 1. The number of aromatic nitrogens is 1. The molecular formula is C20H30ClN3O2. The van der Waals surface area contributed by atoms with E-state index in [4.69, 9.17) is 4.42 Å². The monoisotopic (exact) mass is 379 g/mol. The Morgan fingerprint density at radius 2 is 2.04 bits per heavy atom. The lowest BCUT2D eigenvalue weighted by atomic mass is 9.92. The maximum Gasteiger partial charge on any atom is 0.224 e. The van der Waals surface area contributed by atoms with Gasteiger partial charge in [0.05, 0.1) is 0 Å². The van der Waals surface area contributed by atoms with Gasteiger partial charge in [0, 0.05) is 18.5 Å². The summed E-state index contributed by atoms with van der Waals surface area (Å²) in [7, 11) is 0. The molecule has 0 spiro atoms. The molecule has 1 aromatic carbocycles. The van der Waals surface area contributed by atoms with Gasteiger partial charge in [0.25, 0.3) is 0 Å². The zero-order valence-electron chi connectivity index (χ0n) is 15.9. The Morgan fingerprint density at radius 1 is 1.31 bits per heavy atom. The van der Waals surface area contributed by atoms with Crippen molar-refractivity contribution in [2.45, 2.75) is 52.9 Å². The number of fused-ring (bicyclic) bond motifs is 1. The fraction of sp³-hybridized carbons (Fsp3) is 0.600. The third-order valence-corrected chi connectivity index (χ3v) is 4.64. The molecule has 0 aliphatic carbocycles. The standard InChI is InChI=1S/C20H29N3O2.ClH/c1-20(2,3)13-19-23-16-12-15(5-6-17(16)25-19)22-18(24)7-4-14-8-10-21-11-9-14;/h5-6,12,14,21H,4,7-11,13H2,1-3H3,(H,22,24);1H. The average molecular weight is 380 g/mol. The first kappa shape index (κ1) is 20.7. The van der Waals surface area contributed by atoms with E-state index >= 15 is 0 Å². The molecule has 0 unspecified atom stereocenters. The highest BCUT2D eigenvalue weighted by Gasteiger charge is 2.17. The Balaban J connectivity index is 0.00000243. The highest BCUT2D eigenvalue weighted by molar-refractivity contribution is 5.92. The van der Waals surface area contributed by atoms with Gasteiger partial charge in [-0.15, -0.1) is 12.4 Å². The second-order valence-corrected chi connectivity index (χ2v) is 8.31. The molecule has 0 saturated carbocycles. The topological polar surface area (TPSA) is 67.2 Å². The van der Waals surface area contributed by atoms with Gasteiger partial charge in [0.2, 0.25) is 5.91 Å². The predicted molar refractivity (Wildman–Crippen MR) is 108 cm³/mol. The van der Waals surface area contributed by atoms with Gasteiger partial charge in [0.1, 0.15) is 5.52 Å². The molecule has 1 aliphatic heterocycles. The van der Waals surface area contributed by atoms with Crippen molar-refractivity contribution in [2.75, 3.05) is 18.4 Å². The van der Waals surface area contributed by atoms with Crippen LogP contribution in [0.25, 0.3) is 11.1 Å². The van der Waals surface area contributed by atoms with Crippen LogP contribution in [0.15, 0.2) is 22.6 Å². The molecule has 0 atom stereocenters. The van der Waals surface area contributed by atoms with Crippen LogP contribution < -0.4 is 10.6 Å². The minimum absolute atomic E-state index is 0. The molecule has 5 nitrogen and oxygen atoms in total. The summed E-state index contributed by atoms with van der Waals surface area (Å²) >= 11 is 0. The molecule has 2 heterocycles. The normalized spacial score (nSPS) is 15.7. The molecule has 1 amide bonds. The van der Waals surface area contributed by atoms with Crippen LogP contribution in [0.5, 0.6) is 0 Å². The Kier molecular flexibility index (Phi) is 7.07. The van der Waals surface area contributed by atoms with E-state index in [0.717, 1.165) is 48.6 Å². The summed E-state index contributed by atoms with van der Waals surface area (Å²) in [4.78, 5) is 16.8. The predicted octanol–water partition coefficient (Wildman–Crippen LogP) is 4.56. The Bertz CT molecular complexity index is 730. The number of rotatable bonds is 5. The third-order valence-electron chi connectivity index (χ3n) is 4.64. The van der Waals surface area contributed by atoms with Crippen LogP contribution in [0.3, 0.4) is 0 Å². The number of piperidine rings is 1. The van der Waals surface area contributed by atoms with Crippen molar-refractivity contribution < 1.29 is 9.21 Å². The van der Waals surface area contributed by atoms with Gasteiger partial charge in [-0.25, -0.2) is 4.98 Å². The molecule has 1 fully saturated rings. The van der Waals surface area contributed by atoms with Crippen LogP contribution in [-0.4, -0.2) is 24.0 Å². The molecule has 2 aromatic rings. The van der Waals surface area contributed by atoms with Crippen molar-refractivity contribution in [1.29, 1.82) is 0 Å². The lowest BCUT2D eigenvalue weighted by Crippen LogP contribution is -2.28. The molecule has 0 bridgehead atoms. The highest BCUT2D eigenvalue weighted by Crippen LogP contribution is 2.25. The van der Waals surface area contributed by atoms with Crippen LogP contribution in [0.4, 0.5) is 5.69 Å². The largest absolute Gasteiger partial charge is 0.441 e. The van der Waals surface area contributed by atoms with E-state index in [1.165, 1.54) is 12.8 Å². The van der Waals surface area contributed by atoms with Gasteiger partial charge in [-0.1, -0.05) is 20.8 Å². The summed E-state index contributed by atoms with van der Waals surface area (Å²) in [6.07, 6.45) is 4.69. The van der Waals surface area contributed by atoms with Crippen molar-refractivity contribution >= 4 is 35.1 Å². The van der Waals surface area contributed by atoms with Crippen molar-refractivity contribution in [1.82, 2.24) is 10.3 Å². The first-order valence-electron chi connectivity index (χ1n) is 9.29. The van der Waals surface area contributed by atoms with Gasteiger partial charge < -0.3 is 15.1 Å². The molecule has 1 saturated heterocycles. The Hall–Kier alpha value is -1.59. The fourth-order valence-corrected chi connectivity index (χ4v) is 3.31. The van der Waals surface area contributed by atoms with E-state index in [0.29, 0.717) is 12.3 Å². The molecule has 1 aliphatic rings. The van der Waals surface area contributed by atoms with E-state index in [2.05, 4.69) is 36.4 Å². The Labute approximate surface area is 161 Å². The minimum atomic E-state index is 0. The molecule has 1 aromatic heterocycles. The maximum atomic E-state index is 12.2. The highest BCUT2D eigenvalue weighted by atomic mass is 35.5. The quantitative estimate of drug-likeness (QED) is 0.799. The number of benzene rings is 1. The summed E-state index contributed by atoms with van der Waals surface area (Å²) in [6, 6.07) is 5.67. The van der Waals surface area contributed by atoms with Gasteiger partial charge in [-0.2, -0.15) is 0 Å². The molecule has 3 rings (SSSR count). The number of nitrogens with one attached hydrogen (secondary N) is 2. The van der Waals surface area contributed by atoms with Gasteiger partial charge in [-0.05, 0) is 61.9 Å². The van der Waals surface area contributed by atoms with Gasteiger partial charge in [-0.3, -0.25) is 4.79 Å². The van der Waals surface area contributed by atoms with E-state index in [1.807, 2.05) is 18.2 Å². The number of hydrogen-bond acceptors (Lipinski definition) is 4. The average Bonchev–Trinajstić information content (AvgIpc) is 2.93. The van der Waals surface area contributed by atoms with E-state index in [9.17, 15) is 4.79 Å². The molecular weight excluding hydrogens is 350 g/mol. The van der Waals surface area contributed by atoms with E-state index in [1.54, 1.807) is 0 Å². The molecule has 2 N–H and O–H groups in total. The fourth-order valence-electron chi connectivity index (χ4n) is 3.31. The molecule has 26 heavy (non-hydrogen) atoms. The van der Waals surface area contributed by atoms with Crippen molar-refractivity contribution in [3.63, 3.8) is 0 Å². The van der Waals surface area contributed by atoms with Gasteiger partial charge in [0.15, 0.2) is 11.5 Å². The van der Waals surface area contributed by atoms with Crippen LogP contribution >= 0.6 is 12.4 Å². The van der Waals surface area contributed by atoms with Crippen molar-refractivity contribution in [3.8, 4) is 0 Å². The van der Waals surface area contributed by atoms with Crippen molar-refractivity contribution in [3.05, 3.63) is 24.1 Å². The summed E-state index contributed by atoms with van der Waals surface area (Å²) in [6.45, 7) is 8.64. The third kappa shape index (κ3) is 5.99. The number of nitrogens with zero attached hydrogens (tertiary/aromatic N) is 1. The zero-order chi connectivity index (χ0) is 17.9. The van der Waals surface area contributed by atoms with Gasteiger partial charge >= 0.3 is 0 Å². The first-order chi connectivity index (χ1) is 11.9. The second-order valence-electron chi connectivity index (χ2n) is 8.31. The van der Waals surface area contributed by atoms with Crippen LogP contribution in [0.1, 0.15) is 52.3 Å². The lowest BCUT2D eigenvalue weighted by Gasteiger charge is -2.22. The smallest absolute Gasteiger partial charge is 0.224 e. The summed E-state index contributed by atoms with van der Waals surface area (Å²) < 4.78 is 5.80. The van der Waals surface area contributed by atoms with E-state index < -0.39 is 0 Å². The number of halogens is 1. The van der Waals surface area contributed by atoms with E-state index in [-0.39, 0.29) is 23.7 Å². The summed E-state index contributed by atoms with van der Waals surface area (Å²) in [5, 5.41) is 6.35. The number of carbonyl (C=O) groups is 1. The number of carbonyl (C=O) groups excluding carboxylic acids is 1. The van der Waals surface area contributed by atoms with Crippen molar-refractivity contribution in [2.24, 2.45) is 11.3 Å². The molecule has 6 heteroatoms.